The average Bonchev–Trinajstić information content (AvgIpc) is 3.38. The van der Waals surface area contributed by atoms with E-state index in [-0.39, 0.29) is 34.6 Å². The number of aromatic nitrogens is 2. The molecule has 0 bridgehead atoms. The number of hydrogen-bond acceptors (Lipinski definition) is 8. The third-order valence-electron chi connectivity index (χ3n) is 8.24. The summed E-state index contributed by atoms with van der Waals surface area (Å²) in [5.74, 6) is -1.79. The predicted octanol–water partition coefficient (Wildman–Crippen LogP) is 3.72. The van der Waals surface area contributed by atoms with E-state index in [0.29, 0.717) is 6.54 Å². The van der Waals surface area contributed by atoms with Crippen LogP contribution in [0.3, 0.4) is 0 Å². The maximum absolute atomic E-state index is 13.5. The first-order valence-electron chi connectivity index (χ1n) is 13.6. The summed E-state index contributed by atoms with van der Waals surface area (Å²) in [6, 6.07) is 8.84. The standard InChI is InChI=1S/C29H36N6O4S/c1-17-5-8-21(18-6-9-22-20(15-18)31-28(40-22)29(2)11-13-34(3)14-12-29)35(16-17)27(38)25(37)32-23-10-7-19(24(30)36)26(33-23)39-4/h6-7,9-10,15,17,21H,5,8,11-14,16H2,1-4H3,(H2,30,36)(H,32,33,37)/t17-,21+/m0/s1. The summed E-state index contributed by atoms with van der Waals surface area (Å²) in [7, 11) is 3.51. The molecule has 2 aliphatic rings. The van der Waals surface area contributed by atoms with E-state index in [4.69, 9.17) is 15.5 Å². The number of piperidine rings is 2. The summed E-state index contributed by atoms with van der Waals surface area (Å²) < 4.78 is 6.25. The van der Waals surface area contributed by atoms with Crippen molar-refractivity contribution in [2.45, 2.75) is 51.0 Å². The fourth-order valence-corrected chi connectivity index (χ4v) is 6.76. The second-order valence-corrected chi connectivity index (χ2v) is 12.4. The number of anilines is 1. The zero-order valence-electron chi connectivity index (χ0n) is 23.4. The molecule has 40 heavy (non-hydrogen) atoms. The molecule has 4 heterocycles. The van der Waals surface area contributed by atoms with Crippen molar-refractivity contribution >= 4 is 45.1 Å². The summed E-state index contributed by atoms with van der Waals surface area (Å²) in [4.78, 5) is 51.3. The van der Waals surface area contributed by atoms with Gasteiger partial charge in [-0.2, -0.15) is 4.98 Å². The maximum Gasteiger partial charge on any atom is 0.315 e. The van der Waals surface area contributed by atoms with Crippen LogP contribution in [0.4, 0.5) is 5.82 Å². The van der Waals surface area contributed by atoms with Gasteiger partial charge in [0.25, 0.3) is 5.91 Å². The van der Waals surface area contributed by atoms with Gasteiger partial charge in [0.2, 0.25) is 5.88 Å². The second kappa shape index (κ2) is 11.1. The van der Waals surface area contributed by atoms with E-state index in [0.717, 1.165) is 54.6 Å². The molecular formula is C29H36N6O4S. The minimum absolute atomic E-state index is 0.0211. The normalized spacial score (nSPS) is 21.2. The highest BCUT2D eigenvalue weighted by atomic mass is 32.1. The number of nitrogens with two attached hydrogens (primary N) is 1. The summed E-state index contributed by atoms with van der Waals surface area (Å²) in [5, 5.41) is 3.72. The van der Waals surface area contributed by atoms with E-state index in [1.54, 1.807) is 16.2 Å². The Labute approximate surface area is 237 Å². The maximum atomic E-state index is 13.5. The number of likely N-dealkylation sites (tertiary alicyclic amines) is 2. The molecule has 0 saturated carbocycles. The number of nitrogens with one attached hydrogen (secondary N) is 1. The van der Waals surface area contributed by atoms with Crippen LogP contribution < -0.4 is 15.8 Å². The molecule has 0 aliphatic carbocycles. The second-order valence-electron chi connectivity index (χ2n) is 11.3. The van der Waals surface area contributed by atoms with E-state index in [9.17, 15) is 14.4 Å². The highest BCUT2D eigenvalue weighted by Gasteiger charge is 2.36. The Morgan fingerprint density at radius 1 is 1.12 bits per heavy atom. The smallest absolute Gasteiger partial charge is 0.315 e. The number of methoxy groups -OCH3 is 1. The van der Waals surface area contributed by atoms with Gasteiger partial charge in [0.15, 0.2) is 0 Å². The van der Waals surface area contributed by atoms with Crippen LogP contribution in [0.5, 0.6) is 5.88 Å². The lowest BCUT2D eigenvalue weighted by atomic mass is 9.81. The fraction of sp³-hybridized carbons (Fsp3) is 0.483. The zero-order chi connectivity index (χ0) is 28.6. The van der Waals surface area contributed by atoms with Crippen molar-refractivity contribution in [3.63, 3.8) is 0 Å². The summed E-state index contributed by atoms with van der Waals surface area (Å²) in [5.41, 5.74) is 7.43. The molecule has 10 nitrogen and oxygen atoms in total. The van der Waals surface area contributed by atoms with Gasteiger partial charge in [-0.15, -0.1) is 11.3 Å². The molecule has 2 atom stereocenters. The predicted molar refractivity (Wildman–Crippen MR) is 154 cm³/mol. The van der Waals surface area contributed by atoms with Gasteiger partial charge in [-0.3, -0.25) is 14.4 Å². The van der Waals surface area contributed by atoms with Gasteiger partial charge in [0.1, 0.15) is 11.4 Å². The highest BCUT2D eigenvalue weighted by Crippen LogP contribution is 2.40. The zero-order valence-corrected chi connectivity index (χ0v) is 24.2. The monoisotopic (exact) mass is 564 g/mol. The first kappa shape index (κ1) is 28.0. The van der Waals surface area contributed by atoms with Crippen molar-refractivity contribution in [2.24, 2.45) is 11.7 Å². The Bertz CT molecular complexity index is 1450. The van der Waals surface area contributed by atoms with E-state index in [1.807, 2.05) is 0 Å². The van der Waals surface area contributed by atoms with Gasteiger partial charge < -0.3 is 25.6 Å². The lowest BCUT2D eigenvalue weighted by Crippen LogP contribution is -2.46. The number of ether oxygens (including phenoxy) is 1. The van der Waals surface area contributed by atoms with Crippen LogP contribution in [0.25, 0.3) is 10.2 Å². The summed E-state index contributed by atoms with van der Waals surface area (Å²) >= 11 is 1.76. The van der Waals surface area contributed by atoms with Crippen molar-refractivity contribution in [3.05, 3.63) is 46.5 Å². The summed E-state index contributed by atoms with van der Waals surface area (Å²) in [6.45, 7) is 7.00. The average molecular weight is 565 g/mol. The van der Waals surface area contributed by atoms with Crippen molar-refractivity contribution in [3.8, 4) is 5.88 Å². The Morgan fingerprint density at radius 2 is 1.88 bits per heavy atom. The van der Waals surface area contributed by atoms with Crippen LogP contribution in [-0.4, -0.2) is 71.3 Å². The topological polar surface area (TPSA) is 131 Å². The quantitative estimate of drug-likeness (QED) is 0.452. The molecule has 3 amide bonds. The van der Waals surface area contributed by atoms with Crippen molar-refractivity contribution < 1.29 is 19.1 Å². The molecule has 5 rings (SSSR count). The van der Waals surface area contributed by atoms with Crippen LogP contribution in [0, 0.1) is 5.92 Å². The number of carbonyl (C=O) groups excluding carboxylic acids is 3. The number of pyridine rings is 1. The molecule has 3 aromatic rings. The number of carbonyl (C=O) groups is 3. The minimum Gasteiger partial charge on any atom is -0.480 e. The number of amides is 3. The van der Waals surface area contributed by atoms with Crippen LogP contribution in [0.2, 0.25) is 0 Å². The van der Waals surface area contributed by atoms with Crippen molar-refractivity contribution in [1.29, 1.82) is 0 Å². The van der Waals surface area contributed by atoms with E-state index >= 15 is 0 Å². The molecule has 11 heteroatoms. The number of benzene rings is 1. The number of thiazole rings is 1. The van der Waals surface area contributed by atoms with Crippen LogP contribution in [0.1, 0.15) is 66.5 Å². The SMILES string of the molecule is COc1nc(NC(=O)C(=O)N2C[C@@H](C)CC[C@@H]2c2ccc3sc(C4(C)CCN(C)CC4)nc3c2)ccc1C(N)=O. The lowest BCUT2D eigenvalue weighted by molar-refractivity contribution is -0.146. The van der Waals surface area contributed by atoms with Gasteiger partial charge in [-0.1, -0.05) is 19.9 Å². The van der Waals surface area contributed by atoms with Crippen LogP contribution >= 0.6 is 11.3 Å². The molecule has 3 N–H and O–H groups in total. The Kier molecular flexibility index (Phi) is 7.78. The van der Waals surface area contributed by atoms with Gasteiger partial charge in [-0.25, -0.2) is 4.98 Å². The molecule has 2 saturated heterocycles. The molecular weight excluding hydrogens is 528 g/mol. The molecule has 2 fully saturated rings. The lowest BCUT2D eigenvalue weighted by Gasteiger charge is -2.38. The van der Waals surface area contributed by atoms with E-state index in [2.05, 4.69) is 54.3 Å². The van der Waals surface area contributed by atoms with Gasteiger partial charge in [-0.05, 0) is 81.6 Å². The summed E-state index contributed by atoms with van der Waals surface area (Å²) in [6.07, 6.45) is 3.88. The number of primary amides is 1. The molecule has 212 valence electrons. The minimum atomic E-state index is -0.798. The van der Waals surface area contributed by atoms with Gasteiger partial charge in [0.05, 0.1) is 28.4 Å². The molecule has 1 aromatic carbocycles. The first-order chi connectivity index (χ1) is 19.1. The Balaban J connectivity index is 1.37. The third kappa shape index (κ3) is 5.53. The van der Waals surface area contributed by atoms with Crippen molar-refractivity contribution in [1.82, 2.24) is 19.8 Å². The molecule has 2 aliphatic heterocycles. The fourth-order valence-electron chi connectivity index (χ4n) is 5.61. The first-order valence-corrected chi connectivity index (χ1v) is 14.5. The number of rotatable bonds is 5. The molecule has 0 radical (unpaired) electrons. The van der Waals surface area contributed by atoms with E-state index in [1.165, 1.54) is 24.3 Å². The van der Waals surface area contributed by atoms with E-state index < -0.39 is 17.7 Å². The van der Waals surface area contributed by atoms with Gasteiger partial charge in [0, 0.05) is 12.0 Å². The third-order valence-corrected chi connectivity index (χ3v) is 9.58. The number of hydrogen-bond donors (Lipinski definition) is 2. The van der Waals surface area contributed by atoms with Crippen molar-refractivity contribution in [2.75, 3.05) is 39.1 Å². The Morgan fingerprint density at radius 3 is 2.58 bits per heavy atom. The Hall–Kier alpha value is -3.57. The number of fused-ring (bicyclic) bond motifs is 1. The largest absolute Gasteiger partial charge is 0.480 e. The van der Waals surface area contributed by atoms with Crippen LogP contribution in [0.15, 0.2) is 30.3 Å². The van der Waals surface area contributed by atoms with Gasteiger partial charge >= 0.3 is 11.8 Å². The highest BCUT2D eigenvalue weighted by molar-refractivity contribution is 7.18. The molecule has 0 unspecified atom stereocenters. The molecule has 2 aromatic heterocycles. The molecule has 0 spiro atoms. The number of nitrogens with zero attached hydrogens (tertiary/aromatic N) is 4. The van der Waals surface area contributed by atoms with Crippen LogP contribution in [-0.2, 0) is 15.0 Å².